The molecule has 0 saturated heterocycles. The summed E-state index contributed by atoms with van der Waals surface area (Å²) in [5, 5.41) is 4.06. The van der Waals surface area contributed by atoms with Crippen molar-refractivity contribution in [1.82, 2.24) is 9.78 Å². The fourth-order valence-electron chi connectivity index (χ4n) is 1.65. The van der Waals surface area contributed by atoms with Crippen molar-refractivity contribution in [3.63, 3.8) is 0 Å². The number of nitrogens with zero attached hydrogens (tertiary/aromatic N) is 2. The second-order valence-corrected chi connectivity index (χ2v) is 5.40. The van der Waals surface area contributed by atoms with E-state index in [0.29, 0.717) is 11.4 Å². The molecule has 0 fully saturated rings. The van der Waals surface area contributed by atoms with Crippen LogP contribution in [0, 0.1) is 6.92 Å². The molecule has 0 radical (unpaired) electrons. The summed E-state index contributed by atoms with van der Waals surface area (Å²) in [5.41, 5.74) is 8.35. The van der Waals surface area contributed by atoms with Crippen LogP contribution in [0.1, 0.15) is 11.1 Å². The van der Waals surface area contributed by atoms with E-state index in [1.54, 1.807) is 10.9 Å². The number of rotatable bonds is 3. The molecule has 1 atom stereocenters. The predicted octanol–water partition coefficient (Wildman–Crippen LogP) is 1.62. The van der Waals surface area contributed by atoms with Gasteiger partial charge in [0, 0.05) is 29.4 Å². The van der Waals surface area contributed by atoms with Gasteiger partial charge in [0.05, 0.1) is 22.7 Å². The van der Waals surface area contributed by atoms with E-state index in [4.69, 9.17) is 5.73 Å². The van der Waals surface area contributed by atoms with Crippen molar-refractivity contribution < 1.29 is 4.21 Å². The number of aromatic nitrogens is 2. The first kappa shape index (κ1) is 11.9. The molecule has 5 heteroatoms. The van der Waals surface area contributed by atoms with Crippen LogP contribution < -0.4 is 5.73 Å². The van der Waals surface area contributed by atoms with Gasteiger partial charge in [0.15, 0.2) is 0 Å². The van der Waals surface area contributed by atoms with E-state index in [9.17, 15) is 4.21 Å². The summed E-state index contributed by atoms with van der Waals surface area (Å²) in [6, 6.07) is 5.51. The Kier molecular flexibility index (Phi) is 3.28. The van der Waals surface area contributed by atoms with Crippen molar-refractivity contribution in [2.45, 2.75) is 17.6 Å². The van der Waals surface area contributed by atoms with Gasteiger partial charge in [-0.25, -0.2) is 0 Å². The third-order valence-corrected chi connectivity index (χ3v) is 4.16. The summed E-state index contributed by atoms with van der Waals surface area (Å²) in [5.74, 6) is 0.470. The van der Waals surface area contributed by atoms with Gasteiger partial charge in [-0.2, -0.15) is 5.10 Å². The third kappa shape index (κ3) is 2.55. The zero-order valence-electron chi connectivity index (χ0n) is 9.88. The van der Waals surface area contributed by atoms with Gasteiger partial charge < -0.3 is 5.73 Å². The van der Waals surface area contributed by atoms with Gasteiger partial charge in [0.1, 0.15) is 0 Å². The second kappa shape index (κ2) is 4.71. The van der Waals surface area contributed by atoms with Gasteiger partial charge in [0.25, 0.3) is 0 Å². The minimum absolute atomic E-state index is 0.470. The van der Waals surface area contributed by atoms with Crippen LogP contribution in [0.3, 0.4) is 0 Å². The van der Waals surface area contributed by atoms with Gasteiger partial charge in [-0.15, -0.1) is 0 Å². The maximum Gasteiger partial charge on any atom is 0.0578 e. The Balaban J connectivity index is 2.23. The van der Waals surface area contributed by atoms with Crippen molar-refractivity contribution in [2.75, 3.05) is 5.73 Å². The lowest BCUT2D eigenvalue weighted by atomic mass is 10.2. The van der Waals surface area contributed by atoms with Crippen molar-refractivity contribution >= 4 is 16.5 Å². The first-order valence-corrected chi connectivity index (χ1v) is 6.61. The summed E-state index contributed by atoms with van der Waals surface area (Å²) in [7, 11) is 0.769. The maximum atomic E-state index is 12.2. The van der Waals surface area contributed by atoms with Crippen molar-refractivity contribution in [3.8, 4) is 0 Å². The molecule has 1 heterocycles. The molecule has 1 unspecified atom stereocenters. The molecule has 0 spiro atoms. The topological polar surface area (TPSA) is 60.9 Å². The lowest BCUT2D eigenvalue weighted by Crippen LogP contribution is -2.00. The van der Waals surface area contributed by atoms with Gasteiger partial charge in [0.2, 0.25) is 0 Å². The Labute approximate surface area is 103 Å². The highest BCUT2D eigenvalue weighted by Crippen LogP contribution is 2.21. The highest BCUT2D eigenvalue weighted by molar-refractivity contribution is 7.84. The first-order chi connectivity index (χ1) is 8.08. The molecule has 0 aliphatic heterocycles. The van der Waals surface area contributed by atoms with Crippen LogP contribution in [0.2, 0.25) is 0 Å². The Morgan fingerprint density at radius 2 is 2.24 bits per heavy atom. The Bertz CT molecular complexity index is 563. The molecule has 2 rings (SSSR count). The minimum atomic E-state index is -1.08. The highest BCUT2D eigenvalue weighted by Gasteiger charge is 2.10. The van der Waals surface area contributed by atoms with Gasteiger partial charge in [-0.3, -0.25) is 8.89 Å². The average Bonchev–Trinajstić information content (AvgIpc) is 2.68. The number of aryl methyl sites for hydroxylation is 1. The SMILES string of the molecule is Cc1c(N)cccc1S(=O)Cc1cnn(C)c1. The normalized spacial score (nSPS) is 12.6. The summed E-state index contributed by atoms with van der Waals surface area (Å²) in [6.45, 7) is 1.89. The lowest BCUT2D eigenvalue weighted by molar-refractivity contribution is 0.682. The van der Waals surface area contributed by atoms with Gasteiger partial charge in [-0.1, -0.05) is 6.07 Å². The molecule has 90 valence electrons. The number of benzene rings is 1. The molecule has 0 aliphatic rings. The van der Waals surface area contributed by atoms with E-state index in [2.05, 4.69) is 5.10 Å². The minimum Gasteiger partial charge on any atom is -0.398 e. The van der Waals surface area contributed by atoms with Crippen LogP contribution in [0.15, 0.2) is 35.5 Å². The summed E-state index contributed by atoms with van der Waals surface area (Å²) in [4.78, 5) is 0.800. The van der Waals surface area contributed by atoms with E-state index in [-0.39, 0.29) is 0 Å². The molecule has 0 amide bonds. The molecule has 4 nitrogen and oxygen atoms in total. The monoisotopic (exact) mass is 249 g/mol. The fourth-order valence-corrected chi connectivity index (χ4v) is 2.95. The third-order valence-electron chi connectivity index (χ3n) is 2.63. The molecule has 0 saturated carbocycles. The van der Waals surface area contributed by atoms with Gasteiger partial charge in [-0.05, 0) is 24.6 Å². The van der Waals surface area contributed by atoms with Crippen molar-refractivity contribution in [2.24, 2.45) is 7.05 Å². The van der Waals surface area contributed by atoms with Crippen LogP contribution in [-0.4, -0.2) is 14.0 Å². The molecule has 2 N–H and O–H groups in total. The standard InChI is InChI=1S/C12H15N3OS/c1-9-11(13)4-3-5-12(9)17(16)8-10-6-14-15(2)7-10/h3-7H,8,13H2,1-2H3. The summed E-state index contributed by atoms with van der Waals surface area (Å²) in [6.07, 6.45) is 3.61. The van der Waals surface area contributed by atoms with Crippen molar-refractivity contribution in [1.29, 1.82) is 0 Å². The quantitative estimate of drug-likeness (QED) is 0.841. The largest absolute Gasteiger partial charge is 0.398 e. The number of nitrogens with two attached hydrogens (primary N) is 1. The second-order valence-electron chi connectivity index (χ2n) is 3.98. The van der Waals surface area contributed by atoms with E-state index < -0.39 is 10.8 Å². The smallest absolute Gasteiger partial charge is 0.0578 e. The van der Waals surface area contributed by atoms with E-state index >= 15 is 0 Å². The van der Waals surface area contributed by atoms with Crippen LogP contribution in [0.25, 0.3) is 0 Å². The molecule has 1 aromatic heterocycles. The van der Waals surface area contributed by atoms with E-state index in [1.807, 2.05) is 38.4 Å². The fraction of sp³-hybridized carbons (Fsp3) is 0.250. The number of hydrogen-bond acceptors (Lipinski definition) is 3. The summed E-state index contributed by atoms with van der Waals surface area (Å²) < 4.78 is 13.9. The number of nitrogen functional groups attached to an aromatic ring is 1. The van der Waals surface area contributed by atoms with E-state index in [1.165, 1.54) is 0 Å². The molecular formula is C12H15N3OS. The van der Waals surface area contributed by atoms with Crippen LogP contribution in [0.4, 0.5) is 5.69 Å². The zero-order valence-corrected chi connectivity index (χ0v) is 10.7. The highest BCUT2D eigenvalue weighted by atomic mass is 32.2. The molecule has 1 aromatic carbocycles. The Morgan fingerprint density at radius 3 is 2.88 bits per heavy atom. The first-order valence-electron chi connectivity index (χ1n) is 5.29. The maximum absolute atomic E-state index is 12.2. The molecule has 0 bridgehead atoms. The van der Waals surface area contributed by atoms with Gasteiger partial charge >= 0.3 is 0 Å². The Hall–Kier alpha value is -1.62. The average molecular weight is 249 g/mol. The molecular weight excluding hydrogens is 234 g/mol. The van der Waals surface area contributed by atoms with Crippen LogP contribution in [0.5, 0.6) is 0 Å². The zero-order chi connectivity index (χ0) is 12.4. The Morgan fingerprint density at radius 1 is 1.47 bits per heavy atom. The lowest BCUT2D eigenvalue weighted by Gasteiger charge is -2.07. The van der Waals surface area contributed by atoms with Crippen molar-refractivity contribution in [3.05, 3.63) is 41.7 Å². The van der Waals surface area contributed by atoms with E-state index in [0.717, 1.165) is 16.0 Å². The molecule has 17 heavy (non-hydrogen) atoms. The number of hydrogen-bond donors (Lipinski definition) is 1. The van der Waals surface area contributed by atoms with Crippen LogP contribution >= 0.6 is 0 Å². The number of anilines is 1. The summed E-state index contributed by atoms with van der Waals surface area (Å²) >= 11 is 0. The van der Waals surface area contributed by atoms with Crippen LogP contribution in [-0.2, 0) is 23.6 Å². The molecule has 0 aliphatic carbocycles. The molecule has 2 aromatic rings. The predicted molar refractivity (Wildman–Crippen MR) is 68.9 cm³/mol.